The number of hydrogen-bond donors (Lipinski definition) is 1. The van der Waals surface area contributed by atoms with E-state index in [4.69, 9.17) is 6.42 Å². The van der Waals surface area contributed by atoms with Gasteiger partial charge in [0.2, 0.25) is 11.0 Å². The standard InChI is InChI=1S/C8H9N3OS/c1-3-4-5-7-10-11-8(13-7)9-6(2)12/h1H,4-5H2,2H3,(H,9,11,12). The molecule has 1 N–H and O–H groups in total. The summed E-state index contributed by atoms with van der Waals surface area (Å²) in [6.45, 7) is 1.43. The molecule has 4 nitrogen and oxygen atoms in total. The molecule has 0 aliphatic carbocycles. The summed E-state index contributed by atoms with van der Waals surface area (Å²) in [5, 5.41) is 11.6. The summed E-state index contributed by atoms with van der Waals surface area (Å²) in [5.41, 5.74) is 0. The molecule has 0 bridgehead atoms. The molecule has 0 aliphatic heterocycles. The van der Waals surface area contributed by atoms with Gasteiger partial charge in [-0.15, -0.1) is 22.5 Å². The molecule has 0 aliphatic rings. The van der Waals surface area contributed by atoms with Gasteiger partial charge in [-0.05, 0) is 0 Å². The molecule has 1 rings (SSSR count). The summed E-state index contributed by atoms with van der Waals surface area (Å²) in [4.78, 5) is 10.6. The van der Waals surface area contributed by atoms with Crippen LogP contribution in [0, 0.1) is 12.3 Å². The molecule has 0 spiro atoms. The highest BCUT2D eigenvalue weighted by atomic mass is 32.1. The van der Waals surface area contributed by atoms with Crippen LogP contribution in [0.2, 0.25) is 0 Å². The topological polar surface area (TPSA) is 54.9 Å². The van der Waals surface area contributed by atoms with Crippen molar-refractivity contribution in [2.24, 2.45) is 0 Å². The molecule has 0 atom stereocenters. The molecule has 0 radical (unpaired) electrons. The molecule has 68 valence electrons. The first-order valence-electron chi connectivity index (χ1n) is 3.76. The third-order valence-electron chi connectivity index (χ3n) is 1.23. The third-order valence-corrected chi connectivity index (χ3v) is 2.13. The van der Waals surface area contributed by atoms with E-state index in [9.17, 15) is 4.79 Å². The predicted molar refractivity (Wildman–Crippen MR) is 51.4 cm³/mol. The van der Waals surface area contributed by atoms with E-state index in [-0.39, 0.29) is 5.91 Å². The van der Waals surface area contributed by atoms with Gasteiger partial charge in [-0.2, -0.15) is 0 Å². The SMILES string of the molecule is C#CCCc1nnc(NC(C)=O)s1. The fourth-order valence-corrected chi connectivity index (χ4v) is 1.52. The van der Waals surface area contributed by atoms with E-state index in [1.807, 2.05) is 0 Å². The summed E-state index contributed by atoms with van der Waals surface area (Å²) in [5.74, 6) is 2.38. The number of aryl methyl sites for hydroxylation is 1. The minimum atomic E-state index is -0.139. The Balaban J connectivity index is 2.54. The van der Waals surface area contributed by atoms with Gasteiger partial charge >= 0.3 is 0 Å². The molecule has 0 saturated heterocycles. The van der Waals surface area contributed by atoms with Crippen molar-refractivity contribution in [3.63, 3.8) is 0 Å². The summed E-state index contributed by atoms with van der Waals surface area (Å²) in [7, 11) is 0. The molecular weight excluding hydrogens is 186 g/mol. The zero-order valence-electron chi connectivity index (χ0n) is 7.20. The second-order valence-corrected chi connectivity index (χ2v) is 3.45. The fourth-order valence-electron chi connectivity index (χ4n) is 0.735. The van der Waals surface area contributed by atoms with E-state index in [0.717, 1.165) is 5.01 Å². The minimum absolute atomic E-state index is 0.139. The number of hydrogen-bond acceptors (Lipinski definition) is 4. The first kappa shape index (κ1) is 9.68. The summed E-state index contributed by atoms with van der Waals surface area (Å²) in [6, 6.07) is 0. The van der Waals surface area contributed by atoms with Crippen LogP contribution in [-0.2, 0) is 11.2 Å². The average Bonchev–Trinajstić information content (AvgIpc) is 2.48. The maximum atomic E-state index is 10.6. The largest absolute Gasteiger partial charge is 0.301 e. The van der Waals surface area contributed by atoms with E-state index in [1.165, 1.54) is 18.3 Å². The van der Waals surface area contributed by atoms with Crippen LogP contribution < -0.4 is 5.32 Å². The Morgan fingerprint density at radius 1 is 1.69 bits per heavy atom. The number of rotatable bonds is 3. The normalized spacial score (nSPS) is 9.23. The van der Waals surface area contributed by atoms with Gasteiger partial charge in [-0.1, -0.05) is 11.3 Å². The number of nitrogens with one attached hydrogen (secondary N) is 1. The maximum absolute atomic E-state index is 10.6. The lowest BCUT2D eigenvalue weighted by Crippen LogP contribution is -2.04. The molecule has 5 heteroatoms. The number of carbonyl (C=O) groups excluding carboxylic acids is 1. The predicted octanol–water partition coefficient (Wildman–Crippen LogP) is 1.06. The van der Waals surface area contributed by atoms with Crippen molar-refractivity contribution >= 4 is 22.4 Å². The Morgan fingerprint density at radius 3 is 3.08 bits per heavy atom. The van der Waals surface area contributed by atoms with Crippen molar-refractivity contribution in [2.45, 2.75) is 19.8 Å². The van der Waals surface area contributed by atoms with Crippen molar-refractivity contribution in [1.82, 2.24) is 10.2 Å². The van der Waals surface area contributed by atoms with Crippen molar-refractivity contribution in [3.05, 3.63) is 5.01 Å². The van der Waals surface area contributed by atoms with Gasteiger partial charge in [0, 0.05) is 19.8 Å². The van der Waals surface area contributed by atoms with Crippen LogP contribution in [-0.4, -0.2) is 16.1 Å². The van der Waals surface area contributed by atoms with Crippen LogP contribution >= 0.6 is 11.3 Å². The van der Waals surface area contributed by atoms with Crippen LogP contribution in [0.5, 0.6) is 0 Å². The monoisotopic (exact) mass is 195 g/mol. The average molecular weight is 195 g/mol. The second-order valence-electron chi connectivity index (χ2n) is 2.39. The lowest BCUT2D eigenvalue weighted by Gasteiger charge is -1.90. The van der Waals surface area contributed by atoms with Gasteiger partial charge in [0.05, 0.1) is 0 Å². The molecule has 0 saturated carbocycles. The lowest BCUT2D eigenvalue weighted by atomic mass is 10.3. The van der Waals surface area contributed by atoms with Gasteiger partial charge < -0.3 is 5.32 Å². The molecule has 1 heterocycles. The molecule has 0 aromatic carbocycles. The van der Waals surface area contributed by atoms with E-state index in [1.54, 1.807) is 0 Å². The zero-order chi connectivity index (χ0) is 9.68. The maximum Gasteiger partial charge on any atom is 0.223 e. The van der Waals surface area contributed by atoms with E-state index >= 15 is 0 Å². The van der Waals surface area contributed by atoms with Crippen LogP contribution in [0.25, 0.3) is 0 Å². The third kappa shape index (κ3) is 3.22. The van der Waals surface area contributed by atoms with Crippen LogP contribution in [0.3, 0.4) is 0 Å². The molecule has 1 aromatic heterocycles. The lowest BCUT2D eigenvalue weighted by molar-refractivity contribution is -0.114. The van der Waals surface area contributed by atoms with Crippen molar-refractivity contribution < 1.29 is 4.79 Å². The van der Waals surface area contributed by atoms with Gasteiger partial charge in [0.1, 0.15) is 5.01 Å². The minimum Gasteiger partial charge on any atom is -0.301 e. The summed E-state index contributed by atoms with van der Waals surface area (Å²) < 4.78 is 0. The Morgan fingerprint density at radius 2 is 2.46 bits per heavy atom. The van der Waals surface area contributed by atoms with Gasteiger partial charge in [0.15, 0.2) is 0 Å². The molecule has 13 heavy (non-hydrogen) atoms. The number of amides is 1. The van der Waals surface area contributed by atoms with Crippen LogP contribution in [0.15, 0.2) is 0 Å². The first-order valence-corrected chi connectivity index (χ1v) is 4.57. The molecule has 0 fully saturated rings. The van der Waals surface area contributed by atoms with Gasteiger partial charge in [-0.25, -0.2) is 0 Å². The molecule has 1 amide bonds. The number of aromatic nitrogens is 2. The van der Waals surface area contributed by atoms with E-state index < -0.39 is 0 Å². The van der Waals surface area contributed by atoms with Crippen molar-refractivity contribution in [1.29, 1.82) is 0 Å². The number of terminal acetylenes is 1. The van der Waals surface area contributed by atoms with Crippen molar-refractivity contribution in [3.8, 4) is 12.3 Å². The van der Waals surface area contributed by atoms with Gasteiger partial charge in [-0.3, -0.25) is 4.79 Å². The van der Waals surface area contributed by atoms with E-state index in [0.29, 0.717) is 18.0 Å². The van der Waals surface area contributed by atoms with E-state index in [2.05, 4.69) is 21.4 Å². The highest BCUT2D eigenvalue weighted by molar-refractivity contribution is 7.15. The van der Waals surface area contributed by atoms with Crippen LogP contribution in [0.1, 0.15) is 18.4 Å². The van der Waals surface area contributed by atoms with Gasteiger partial charge in [0.25, 0.3) is 0 Å². The fraction of sp³-hybridized carbons (Fsp3) is 0.375. The highest BCUT2D eigenvalue weighted by Gasteiger charge is 2.03. The highest BCUT2D eigenvalue weighted by Crippen LogP contribution is 2.15. The Kier molecular flexibility index (Phi) is 3.41. The van der Waals surface area contributed by atoms with Crippen molar-refractivity contribution in [2.75, 3.05) is 5.32 Å². The first-order chi connectivity index (χ1) is 6.22. The second kappa shape index (κ2) is 4.58. The molecular formula is C8H9N3OS. The molecule has 1 aromatic rings. The summed E-state index contributed by atoms with van der Waals surface area (Å²) >= 11 is 1.35. The smallest absolute Gasteiger partial charge is 0.223 e. The number of nitrogens with zero attached hydrogens (tertiary/aromatic N) is 2. The van der Waals surface area contributed by atoms with Crippen LogP contribution in [0.4, 0.5) is 5.13 Å². The zero-order valence-corrected chi connectivity index (χ0v) is 8.02. The Hall–Kier alpha value is -1.41. The number of carbonyl (C=O) groups is 1. The quantitative estimate of drug-likeness (QED) is 0.734. The number of anilines is 1. The molecule has 0 unspecified atom stereocenters. The summed E-state index contributed by atoms with van der Waals surface area (Å²) in [6.07, 6.45) is 6.46. The Bertz CT molecular complexity index is 339. The Labute approximate surface area is 80.4 Å².